The summed E-state index contributed by atoms with van der Waals surface area (Å²) in [5.41, 5.74) is 1.43. The number of aryl methyl sites for hydroxylation is 2. The first kappa shape index (κ1) is 15.2. The molecule has 2 nitrogen and oxygen atoms in total. The molecule has 1 heterocycles. The third kappa shape index (κ3) is 4.73. The van der Waals surface area contributed by atoms with Crippen molar-refractivity contribution in [1.82, 2.24) is 10.3 Å². The van der Waals surface area contributed by atoms with E-state index in [1.165, 1.54) is 29.7 Å². The molecule has 2 aromatic rings. The first-order valence-corrected chi connectivity index (χ1v) is 8.31. The molecule has 0 amide bonds. The molecule has 0 fully saturated rings. The lowest BCUT2D eigenvalue weighted by Crippen LogP contribution is -2.21. The van der Waals surface area contributed by atoms with Gasteiger partial charge in [0.15, 0.2) is 0 Å². The highest BCUT2D eigenvalue weighted by Crippen LogP contribution is 2.25. The van der Waals surface area contributed by atoms with Gasteiger partial charge in [-0.2, -0.15) is 0 Å². The Balaban J connectivity index is 1.87. The molecule has 3 heteroatoms. The Kier molecular flexibility index (Phi) is 6.22. The molecule has 1 unspecified atom stereocenters. The molecule has 0 saturated heterocycles. The van der Waals surface area contributed by atoms with E-state index >= 15 is 0 Å². The van der Waals surface area contributed by atoms with Crippen LogP contribution in [0.3, 0.4) is 0 Å². The third-order valence-electron chi connectivity index (χ3n) is 3.42. The van der Waals surface area contributed by atoms with Crippen LogP contribution >= 0.6 is 11.3 Å². The van der Waals surface area contributed by atoms with Crippen molar-refractivity contribution in [2.75, 3.05) is 6.54 Å². The minimum absolute atomic E-state index is 0.463. The van der Waals surface area contributed by atoms with Crippen LogP contribution in [0.1, 0.15) is 47.7 Å². The van der Waals surface area contributed by atoms with E-state index in [4.69, 9.17) is 0 Å². The summed E-state index contributed by atoms with van der Waals surface area (Å²) in [6.07, 6.45) is 6.75. The molecule has 1 aromatic carbocycles. The van der Waals surface area contributed by atoms with Crippen molar-refractivity contribution in [3.05, 3.63) is 52.0 Å². The molecule has 0 aliphatic carbocycles. The lowest BCUT2D eigenvalue weighted by molar-refractivity contribution is 0.490. The van der Waals surface area contributed by atoms with Crippen molar-refractivity contribution < 1.29 is 0 Å². The zero-order valence-electron chi connectivity index (χ0n) is 12.4. The van der Waals surface area contributed by atoms with Gasteiger partial charge in [0.25, 0.3) is 0 Å². The fourth-order valence-corrected chi connectivity index (χ4v) is 3.25. The summed E-state index contributed by atoms with van der Waals surface area (Å²) < 4.78 is 0. The van der Waals surface area contributed by atoms with Gasteiger partial charge in [0.05, 0.1) is 5.01 Å². The van der Waals surface area contributed by atoms with E-state index in [2.05, 4.69) is 54.5 Å². The fraction of sp³-hybridized carbons (Fsp3) is 0.471. The minimum atomic E-state index is 0.463. The molecule has 1 atom stereocenters. The molecule has 1 N–H and O–H groups in total. The molecule has 1 aromatic heterocycles. The number of hydrogen-bond acceptors (Lipinski definition) is 3. The summed E-state index contributed by atoms with van der Waals surface area (Å²) in [5, 5.41) is 4.81. The Morgan fingerprint density at radius 3 is 2.70 bits per heavy atom. The highest BCUT2D eigenvalue weighted by molar-refractivity contribution is 7.11. The van der Waals surface area contributed by atoms with Gasteiger partial charge < -0.3 is 5.32 Å². The molecule has 20 heavy (non-hydrogen) atoms. The maximum atomic E-state index is 4.39. The van der Waals surface area contributed by atoms with Gasteiger partial charge in [-0.25, -0.2) is 4.98 Å². The molecule has 0 saturated carbocycles. The van der Waals surface area contributed by atoms with Gasteiger partial charge in [-0.1, -0.05) is 37.3 Å². The van der Waals surface area contributed by atoms with Crippen LogP contribution in [0.4, 0.5) is 0 Å². The summed E-state index contributed by atoms with van der Waals surface area (Å²) in [4.78, 5) is 5.77. The maximum Gasteiger partial charge on any atom is 0.0897 e. The van der Waals surface area contributed by atoms with Gasteiger partial charge in [0.1, 0.15) is 0 Å². The second-order valence-corrected chi connectivity index (χ2v) is 6.43. The van der Waals surface area contributed by atoms with E-state index in [1.807, 2.05) is 17.5 Å². The molecule has 2 rings (SSSR count). The zero-order valence-corrected chi connectivity index (χ0v) is 13.2. The van der Waals surface area contributed by atoms with Crippen molar-refractivity contribution in [3.63, 3.8) is 0 Å². The molecule has 0 aliphatic heterocycles. The average Bonchev–Trinajstić information content (AvgIpc) is 2.90. The van der Waals surface area contributed by atoms with Crippen LogP contribution in [0.15, 0.2) is 36.5 Å². The number of thiazole rings is 1. The van der Waals surface area contributed by atoms with Crippen LogP contribution in [-0.4, -0.2) is 11.5 Å². The number of hydrogen-bond donors (Lipinski definition) is 1. The highest BCUT2D eigenvalue weighted by atomic mass is 32.1. The van der Waals surface area contributed by atoms with Crippen molar-refractivity contribution >= 4 is 11.3 Å². The maximum absolute atomic E-state index is 4.39. The number of aromatic nitrogens is 1. The smallest absolute Gasteiger partial charge is 0.0897 e. The van der Waals surface area contributed by atoms with Gasteiger partial charge in [-0.3, -0.25) is 0 Å². The average molecular weight is 288 g/mol. The van der Waals surface area contributed by atoms with Crippen molar-refractivity contribution in [1.29, 1.82) is 0 Å². The molecule has 108 valence electrons. The Bertz CT molecular complexity index is 493. The molecule has 0 aliphatic rings. The number of nitrogens with zero attached hydrogens (tertiary/aromatic N) is 1. The van der Waals surface area contributed by atoms with E-state index in [0.717, 1.165) is 18.0 Å². The van der Waals surface area contributed by atoms with E-state index in [0.29, 0.717) is 6.04 Å². The highest BCUT2D eigenvalue weighted by Gasteiger charge is 2.13. The van der Waals surface area contributed by atoms with Gasteiger partial charge in [0, 0.05) is 17.1 Å². The van der Waals surface area contributed by atoms with E-state index in [-0.39, 0.29) is 0 Å². The fourth-order valence-electron chi connectivity index (χ4n) is 2.36. The molecule has 0 radical (unpaired) electrons. The monoisotopic (exact) mass is 288 g/mol. The van der Waals surface area contributed by atoms with Crippen LogP contribution < -0.4 is 5.32 Å². The third-order valence-corrected chi connectivity index (χ3v) is 4.45. The van der Waals surface area contributed by atoms with Crippen LogP contribution in [-0.2, 0) is 6.42 Å². The predicted octanol–water partition coefficient (Wildman–Crippen LogP) is 4.52. The summed E-state index contributed by atoms with van der Waals surface area (Å²) in [6, 6.07) is 11.2. The largest absolute Gasteiger partial charge is 0.309 e. The second-order valence-electron chi connectivity index (χ2n) is 5.17. The van der Waals surface area contributed by atoms with Crippen LogP contribution in [0.5, 0.6) is 0 Å². The quantitative estimate of drug-likeness (QED) is 0.772. The SMILES string of the molecule is CCCNC(CCCc1ccccc1)c1cnc(C)s1. The van der Waals surface area contributed by atoms with Gasteiger partial charge in [0.2, 0.25) is 0 Å². The van der Waals surface area contributed by atoms with Crippen molar-refractivity contribution in [2.45, 2.75) is 45.6 Å². The number of nitrogens with one attached hydrogen (secondary N) is 1. The van der Waals surface area contributed by atoms with Crippen molar-refractivity contribution in [2.24, 2.45) is 0 Å². The molecular formula is C17H24N2S. The molecular weight excluding hydrogens is 264 g/mol. The van der Waals surface area contributed by atoms with Gasteiger partial charge in [-0.05, 0) is 44.7 Å². The Morgan fingerprint density at radius 1 is 1.25 bits per heavy atom. The topological polar surface area (TPSA) is 24.9 Å². The minimum Gasteiger partial charge on any atom is -0.309 e. The van der Waals surface area contributed by atoms with Crippen molar-refractivity contribution in [3.8, 4) is 0 Å². The molecule has 0 bridgehead atoms. The molecule has 0 spiro atoms. The second kappa shape index (κ2) is 8.18. The van der Waals surface area contributed by atoms with E-state index in [1.54, 1.807) is 0 Å². The zero-order chi connectivity index (χ0) is 14.2. The lowest BCUT2D eigenvalue weighted by Gasteiger charge is -2.16. The van der Waals surface area contributed by atoms with E-state index < -0.39 is 0 Å². The normalized spacial score (nSPS) is 12.5. The first-order chi connectivity index (χ1) is 9.79. The van der Waals surface area contributed by atoms with Crippen LogP contribution in [0.25, 0.3) is 0 Å². The standard InChI is InChI=1S/C17H24N2S/c1-3-12-18-16(17-13-19-14(2)20-17)11-7-10-15-8-5-4-6-9-15/h4-6,8-9,13,16,18H,3,7,10-12H2,1-2H3. The lowest BCUT2D eigenvalue weighted by atomic mass is 10.0. The summed E-state index contributed by atoms with van der Waals surface area (Å²) >= 11 is 1.82. The van der Waals surface area contributed by atoms with Crippen LogP contribution in [0.2, 0.25) is 0 Å². The van der Waals surface area contributed by atoms with Crippen LogP contribution in [0, 0.1) is 6.92 Å². The number of benzene rings is 1. The predicted molar refractivity (Wildman–Crippen MR) is 87.3 cm³/mol. The summed E-state index contributed by atoms with van der Waals surface area (Å²) in [5.74, 6) is 0. The summed E-state index contributed by atoms with van der Waals surface area (Å²) in [7, 11) is 0. The first-order valence-electron chi connectivity index (χ1n) is 7.49. The Hall–Kier alpha value is -1.19. The van der Waals surface area contributed by atoms with E-state index in [9.17, 15) is 0 Å². The Morgan fingerprint density at radius 2 is 2.05 bits per heavy atom. The summed E-state index contributed by atoms with van der Waals surface area (Å²) in [6.45, 7) is 5.37. The number of rotatable bonds is 8. The van der Waals surface area contributed by atoms with Gasteiger partial charge in [-0.15, -0.1) is 11.3 Å². The Labute approximate surface area is 126 Å². The van der Waals surface area contributed by atoms with Gasteiger partial charge >= 0.3 is 0 Å².